The SMILES string of the molecule is CC1(C)COC(=O)N[C@H]1c1c(F)cccc1Cl.Cl. The van der Waals surface area contributed by atoms with Crippen LogP contribution >= 0.6 is 24.0 Å². The molecule has 1 N–H and O–H groups in total. The molecule has 0 radical (unpaired) electrons. The minimum absolute atomic E-state index is 0. The molecule has 18 heavy (non-hydrogen) atoms. The Morgan fingerprint density at radius 3 is 2.78 bits per heavy atom. The van der Waals surface area contributed by atoms with E-state index in [-0.39, 0.29) is 19.0 Å². The first-order valence-electron chi connectivity index (χ1n) is 5.29. The second kappa shape index (κ2) is 5.33. The van der Waals surface area contributed by atoms with Crippen LogP contribution in [0.25, 0.3) is 0 Å². The van der Waals surface area contributed by atoms with Gasteiger partial charge in [-0.3, -0.25) is 0 Å². The van der Waals surface area contributed by atoms with Crippen molar-refractivity contribution in [3.63, 3.8) is 0 Å². The number of nitrogens with one attached hydrogen (secondary N) is 1. The van der Waals surface area contributed by atoms with Gasteiger partial charge >= 0.3 is 6.09 Å². The minimum atomic E-state index is -0.548. The van der Waals surface area contributed by atoms with Crippen molar-refractivity contribution in [1.82, 2.24) is 5.32 Å². The van der Waals surface area contributed by atoms with Crippen molar-refractivity contribution >= 4 is 30.1 Å². The highest BCUT2D eigenvalue weighted by atomic mass is 35.5. The molecule has 1 amide bonds. The number of benzene rings is 1. The van der Waals surface area contributed by atoms with Gasteiger partial charge in [0, 0.05) is 16.0 Å². The van der Waals surface area contributed by atoms with Crippen LogP contribution in [0.5, 0.6) is 0 Å². The predicted octanol–water partition coefficient (Wildman–Crippen LogP) is 3.71. The third kappa shape index (κ3) is 2.70. The summed E-state index contributed by atoms with van der Waals surface area (Å²) in [5, 5.41) is 2.93. The average Bonchev–Trinajstić information content (AvgIpc) is 2.23. The molecule has 3 nitrogen and oxygen atoms in total. The highest BCUT2D eigenvalue weighted by Gasteiger charge is 2.40. The quantitative estimate of drug-likeness (QED) is 0.857. The van der Waals surface area contributed by atoms with Crippen molar-refractivity contribution in [2.24, 2.45) is 5.41 Å². The van der Waals surface area contributed by atoms with Crippen molar-refractivity contribution in [2.75, 3.05) is 6.61 Å². The summed E-state index contributed by atoms with van der Waals surface area (Å²) in [6, 6.07) is 3.99. The molecular formula is C12H14Cl2FNO2. The van der Waals surface area contributed by atoms with Crippen LogP contribution in [0, 0.1) is 11.2 Å². The molecule has 2 rings (SSSR count). The van der Waals surface area contributed by atoms with E-state index in [0.717, 1.165) is 0 Å². The zero-order valence-electron chi connectivity index (χ0n) is 10.00. The summed E-state index contributed by atoms with van der Waals surface area (Å²) in [5.74, 6) is -0.419. The van der Waals surface area contributed by atoms with E-state index in [1.807, 2.05) is 13.8 Å². The Labute approximate surface area is 116 Å². The van der Waals surface area contributed by atoms with Gasteiger partial charge in [-0.15, -0.1) is 12.4 Å². The largest absolute Gasteiger partial charge is 0.449 e. The zero-order valence-corrected chi connectivity index (χ0v) is 11.6. The number of carbonyl (C=O) groups is 1. The number of amides is 1. The van der Waals surface area contributed by atoms with Gasteiger partial charge in [-0.25, -0.2) is 9.18 Å². The van der Waals surface area contributed by atoms with Gasteiger partial charge in [-0.05, 0) is 12.1 Å². The number of rotatable bonds is 1. The lowest BCUT2D eigenvalue weighted by molar-refractivity contribution is 0.0378. The van der Waals surface area contributed by atoms with Gasteiger partial charge in [-0.2, -0.15) is 0 Å². The maximum Gasteiger partial charge on any atom is 0.407 e. The Kier molecular flexibility index (Phi) is 4.46. The molecule has 1 aliphatic rings. The van der Waals surface area contributed by atoms with Crippen LogP contribution in [0.15, 0.2) is 18.2 Å². The predicted molar refractivity (Wildman–Crippen MR) is 69.7 cm³/mol. The number of hydrogen-bond donors (Lipinski definition) is 1. The molecule has 0 bridgehead atoms. The molecule has 6 heteroatoms. The number of halogens is 3. The standard InChI is InChI=1S/C12H13ClFNO2.ClH/c1-12(2)6-17-11(16)15-10(12)9-7(13)4-3-5-8(9)14;/h3-5,10H,6H2,1-2H3,(H,15,16);1H/t10-;/m0./s1. The fourth-order valence-corrected chi connectivity index (χ4v) is 2.21. The first-order chi connectivity index (χ1) is 7.92. The molecule has 1 aliphatic heterocycles. The molecule has 0 spiro atoms. The monoisotopic (exact) mass is 293 g/mol. The van der Waals surface area contributed by atoms with Crippen molar-refractivity contribution in [2.45, 2.75) is 19.9 Å². The van der Waals surface area contributed by atoms with E-state index in [0.29, 0.717) is 10.6 Å². The van der Waals surface area contributed by atoms with Crippen LogP contribution in [0.1, 0.15) is 25.5 Å². The second-order valence-electron chi connectivity index (χ2n) is 4.78. The van der Waals surface area contributed by atoms with Gasteiger partial charge in [0.25, 0.3) is 0 Å². The Morgan fingerprint density at radius 2 is 2.17 bits per heavy atom. The van der Waals surface area contributed by atoms with Crippen LogP contribution in [0.4, 0.5) is 9.18 Å². The minimum Gasteiger partial charge on any atom is -0.449 e. The molecule has 0 unspecified atom stereocenters. The summed E-state index contributed by atoms with van der Waals surface area (Å²) in [6.07, 6.45) is -0.548. The first-order valence-corrected chi connectivity index (χ1v) is 5.67. The summed E-state index contributed by atoms with van der Waals surface area (Å²) < 4.78 is 18.7. The fourth-order valence-electron chi connectivity index (χ4n) is 1.94. The lowest BCUT2D eigenvalue weighted by Crippen LogP contribution is -2.47. The molecule has 0 saturated carbocycles. The Bertz CT molecular complexity index is 445. The molecular weight excluding hydrogens is 280 g/mol. The van der Waals surface area contributed by atoms with E-state index in [4.69, 9.17) is 16.3 Å². The zero-order chi connectivity index (χ0) is 12.6. The molecule has 1 saturated heterocycles. The van der Waals surface area contributed by atoms with Crippen molar-refractivity contribution in [3.05, 3.63) is 34.6 Å². The molecule has 0 aromatic heterocycles. The number of cyclic esters (lactones) is 1. The topological polar surface area (TPSA) is 38.3 Å². The molecule has 100 valence electrons. The lowest BCUT2D eigenvalue weighted by Gasteiger charge is -2.38. The van der Waals surface area contributed by atoms with Gasteiger partial charge in [0.1, 0.15) is 12.4 Å². The highest BCUT2D eigenvalue weighted by Crippen LogP contribution is 2.40. The van der Waals surface area contributed by atoms with Crippen LogP contribution in [-0.2, 0) is 4.74 Å². The Morgan fingerprint density at radius 1 is 1.50 bits per heavy atom. The van der Waals surface area contributed by atoms with Crippen LogP contribution < -0.4 is 5.32 Å². The molecule has 1 heterocycles. The van der Waals surface area contributed by atoms with Crippen molar-refractivity contribution in [3.8, 4) is 0 Å². The number of carbonyl (C=O) groups excluding carboxylic acids is 1. The van der Waals surface area contributed by atoms with E-state index >= 15 is 0 Å². The fraction of sp³-hybridized carbons (Fsp3) is 0.417. The molecule has 1 aromatic carbocycles. The summed E-state index contributed by atoms with van der Waals surface area (Å²) in [6.45, 7) is 4.01. The maximum atomic E-state index is 13.8. The van der Waals surface area contributed by atoms with Gasteiger partial charge in [0.15, 0.2) is 0 Å². The smallest absolute Gasteiger partial charge is 0.407 e. The van der Waals surface area contributed by atoms with Crippen molar-refractivity contribution in [1.29, 1.82) is 0 Å². The highest BCUT2D eigenvalue weighted by molar-refractivity contribution is 6.31. The van der Waals surface area contributed by atoms with Crippen molar-refractivity contribution < 1.29 is 13.9 Å². The van der Waals surface area contributed by atoms with Crippen LogP contribution in [0.2, 0.25) is 5.02 Å². The third-order valence-corrected chi connectivity index (χ3v) is 3.24. The van der Waals surface area contributed by atoms with Gasteiger partial charge in [-0.1, -0.05) is 31.5 Å². The maximum absolute atomic E-state index is 13.8. The number of hydrogen-bond acceptors (Lipinski definition) is 2. The van der Waals surface area contributed by atoms with E-state index in [2.05, 4.69) is 5.32 Å². The Hall–Kier alpha value is -1.000. The summed E-state index contributed by atoms with van der Waals surface area (Å²) >= 11 is 6.01. The molecule has 0 aliphatic carbocycles. The summed E-state index contributed by atoms with van der Waals surface area (Å²) in [4.78, 5) is 11.3. The Balaban J connectivity index is 0.00000162. The molecule has 1 aromatic rings. The van der Waals surface area contributed by atoms with Gasteiger partial charge in [0.05, 0.1) is 6.04 Å². The van der Waals surface area contributed by atoms with Crippen LogP contribution in [0.3, 0.4) is 0 Å². The second-order valence-corrected chi connectivity index (χ2v) is 5.18. The van der Waals surface area contributed by atoms with E-state index in [9.17, 15) is 9.18 Å². The normalized spacial score (nSPS) is 21.6. The summed E-state index contributed by atoms with van der Waals surface area (Å²) in [7, 11) is 0. The van der Waals surface area contributed by atoms with E-state index in [1.54, 1.807) is 6.07 Å². The van der Waals surface area contributed by atoms with E-state index < -0.39 is 23.4 Å². The molecule has 1 atom stereocenters. The lowest BCUT2D eigenvalue weighted by atomic mass is 9.80. The summed E-state index contributed by atoms with van der Waals surface area (Å²) in [5.41, 5.74) is -0.101. The van der Waals surface area contributed by atoms with Gasteiger partial charge in [0.2, 0.25) is 0 Å². The molecule has 1 fully saturated rings. The number of alkyl carbamates (subject to hydrolysis) is 1. The average molecular weight is 294 g/mol. The first kappa shape index (κ1) is 15.1. The van der Waals surface area contributed by atoms with E-state index in [1.165, 1.54) is 12.1 Å². The van der Waals surface area contributed by atoms with Crippen LogP contribution in [-0.4, -0.2) is 12.7 Å². The van der Waals surface area contributed by atoms with Gasteiger partial charge < -0.3 is 10.1 Å². The third-order valence-electron chi connectivity index (χ3n) is 2.91. The number of ether oxygens (including phenoxy) is 1.